The number of hydrogen-bond donors (Lipinski definition) is 3. The molecule has 32 heavy (non-hydrogen) atoms. The molecule has 0 bridgehead atoms. The van der Waals surface area contributed by atoms with Gasteiger partial charge in [-0.3, -0.25) is 9.52 Å². The highest BCUT2D eigenvalue weighted by molar-refractivity contribution is 7.95. The number of phenols is 1. The quantitative estimate of drug-likeness (QED) is 0.402. The standard InChI is InChI=1S/C21H25NO9S/c1-28-18-7-6-14(11-17(18)23)22-32(26,27)10-8-16-19(29-2)12-15(13-20(16)30-3)31-9-4-5-21(24)25/h6-8,10-13,22-23H,4-5,9H2,1-3H3,(H,24,25)/b10-8+. The first kappa shape index (κ1) is 24.7. The molecule has 3 N–H and O–H groups in total. The zero-order chi connectivity index (χ0) is 23.7. The fraction of sp³-hybridized carbons (Fsp3) is 0.286. The minimum Gasteiger partial charge on any atom is -0.504 e. The topological polar surface area (TPSA) is 141 Å². The van der Waals surface area contributed by atoms with Crippen LogP contribution in [0.2, 0.25) is 0 Å². The molecule has 0 heterocycles. The van der Waals surface area contributed by atoms with E-state index in [0.29, 0.717) is 29.2 Å². The number of hydrogen-bond acceptors (Lipinski definition) is 8. The summed E-state index contributed by atoms with van der Waals surface area (Å²) in [6.45, 7) is 0.181. The predicted octanol–water partition coefficient (Wildman–Crippen LogP) is 3.07. The van der Waals surface area contributed by atoms with Crippen LogP contribution in [0.3, 0.4) is 0 Å². The number of carbonyl (C=O) groups is 1. The third-order valence-electron chi connectivity index (χ3n) is 4.17. The summed E-state index contributed by atoms with van der Waals surface area (Å²) in [5.41, 5.74) is 0.507. The van der Waals surface area contributed by atoms with Gasteiger partial charge in [-0.15, -0.1) is 0 Å². The van der Waals surface area contributed by atoms with Gasteiger partial charge in [0.05, 0.1) is 44.6 Å². The van der Waals surface area contributed by atoms with Crippen molar-refractivity contribution in [3.63, 3.8) is 0 Å². The first-order valence-corrected chi connectivity index (χ1v) is 10.9. The average molecular weight is 467 g/mol. The van der Waals surface area contributed by atoms with Crippen molar-refractivity contribution in [3.8, 4) is 28.7 Å². The SMILES string of the molecule is COc1ccc(NS(=O)(=O)/C=C/c2c(OC)cc(OCCCC(=O)O)cc2OC)cc1O. The van der Waals surface area contributed by atoms with Gasteiger partial charge < -0.3 is 29.2 Å². The number of carboxylic acids is 1. The van der Waals surface area contributed by atoms with Crippen LogP contribution in [0.15, 0.2) is 35.7 Å². The minimum atomic E-state index is -3.94. The third-order valence-corrected chi connectivity index (χ3v) is 5.19. The van der Waals surface area contributed by atoms with Crippen LogP contribution in [0.4, 0.5) is 5.69 Å². The zero-order valence-corrected chi connectivity index (χ0v) is 18.6. The van der Waals surface area contributed by atoms with Crippen LogP contribution in [0, 0.1) is 0 Å². The molecule has 10 nitrogen and oxygen atoms in total. The van der Waals surface area contributed by atoms with Crippen LogP contribution in [0.25, 0.3) is 6.08 Å². The van der Waals surface area contributed by atoms with Gasteiger partial charge in [-0.25, -0.2) is 8.42 Å². The largest absolute Gasteiger partial charge is 0.504 e. The molecular weight excluding hydrogens is 442 g/mol. The molecule has 0 saturated carbocycles. The molecule has 0 fully saturated rings. The maximum Gasteiger partial charge on any atom is 0.303 e. The van der Waals surface area contributed by atoms with Crippen LogP contribution in [0.1, 0.15) is 18.4 Å². The fourth-order valence-electron chi connectivity index (χ4n) is 2.69. The smallest absolute Gasteiger partial charge is 0.303 e. The maximum atomic E-state index is 12.5. The second kappa shape index (κ2) is 11.1. The number of sulfonamides is 1. The highest BCUT2D eigenvalue weighted by Crippen LogP contribution is 2.35. The summed E-state index contributed by atoms with van der Waals surface area (Å²) in [5, 5.41) is 19.4. The maximum absolute atomic E-state index is 12.5. The predicted molar refractivity (Wildman–Crippen MR) is 118 cm³/mol. The van der Waals surface area contributed by atoms with Crippen molar-refractivity contribution >= 4 is 27.8 Å². The van der Waals surface area contributed by atoms with E-state index in [1.54, 1.807) is 12.1 Å². The molecule has 0 atom stereocenters. The summed E-state index contributed by atoms with van der Waals surface area (Å²) in [5.74, 6) is 0.0688. The van der Waals surface area contributed by atoms with Crippen LogP contribution < -0.4 is 23.7 Å². The van der Waals surface area contributed by atoms with Crippen molar-refractivity contribution in [1.29, 1.82) is 0 Å². The Hall–Kier alpha value is -3.60. The number of benzene rings is 2. The Morgan fingerprint density at radius 2 is 1.66 bits per heavy atom. The van der Waals surface area contributed by atoms with Crippen LogP contribution in [-0.2, 0) is 14.8 Å². The van der Waals surface area contributed by atoms with Crippen molar-refractivity contribution in [2.75, 3.05) is 32.7 Å². The Labute approximate surface area is 186 Å². The highest BCUT2D eigenvalue weighted by Gasteiger charge is 2.14. The Morgan fingerprint density at radius 1 is 1.03 bits per heavy atom. The lowest BCUT2D eigenvalue weighted by Gasteiger charge is -2.14. The lowest BCUT2D eigenvalue weighted by Crippen LogP contribution is -2.09. The molecule has 0 spiro atoms. The lowest BCUT2D eigenvalue weighted by molar-refractivity contribution is -0.137. The van der Waals surface area contributed by atoms with Gasteiger partial charge in [0, 0.05) is 24.6 Å². The van der Waals surface area contributed by atoms with Gasteiger partial charge in [-0.2, -0.15) is 0 Å². The van der Waals surface area contributed by atoms with Crippen LogP contribution in [-0.4, -0.2) is 52.5 Å². The summed E-state index contributed by atoms with van der Waals surface area (Å²) in [7, 11) is 0.268. The molecule has 2 aromatic rings. The molecule has 0 aromatic heterocycles. The molecule has 174 valence electrons. The zero-order valence-electron chi connectivity index (χ0n) is 17.8. The van der Waals surface area contributed by atoms with E-state index in [9.17, 15) is 18.3 Å². The molecule has 0 aliphatic carbocycles. The van der Waals surface area contributed by atoms with E-state index in [4.69, 9.17) is 24.1 Å². The van der Waals surface area contributed by atoms with E-state index >= 15 is 0 Å². The molecule has 0 aliphatic rings. The van der Waals surface area contributed by atoms with Gasteiger partial charge in [0.15, 0.2) is 11.5 Å². The van der Waals surface area contributed by atoms with E-state index in [2.05, 4.69) is 4.72 Å². The first-order chi connectivity index (χ1) is 15.2. The number of nitrogens with one attached hydrogen (secondary N) is 1. The summed E-state index contributed by atoms with van der Waals surface area (Å²) in [6.07, 6.45) is 1.61. The van der Waals surface area contributed by atoms with E-state index in [-0.39, 0.29) is 30.2 Å². The average Bonchev–Trinajstić information content (AvgIpc) is 2.74. The van der Waals surface area contributed by atoms with Crippen LogP contribution in [0.5, 0.6) is 28.7 Å². The van der Waals surface area contributed by atoms with Crippen molar-refractivity contribution in [1.82, 2.24) is 0 Å². The minimum absolute atomic E-state index is 0.0219. The number of carboxylic acid groups (broad SMARTS) is 1. The monoisotopic (exact) mass is 467 g/mol. The van der Waals surface area contributed by atoms with Crippen molar-refractivity contribution in [2.45, 2.75) is 12.8 Å². The molecular formula is C21H25NO9S. The number of phenolic OH excluding ortho intramolecular Hbond substituents is 1. The van der Waals surface area contributed by atoms with Crippen LogP contribution >= 0.6 is 0 Å². The number of ether oxygens (including phenoxy) is 4. The number of aliphatic carboxylic acids is 1. The number of rotatable bonds is 12. The van der Waals surface area contributed by atoms with E-state index < -0.39 is 16.0 Å². The van der Waals surface area contributed by atoms with E-state index in [1.807, 2.05) is 0 Å². The van der Waals surface area contributed by atoms with Gasteiger partial charge in [-0.05, 0) is 24.6 Å². The normalized spacial score (nSPS) is 11.2. The summed E-state index contributed by atoms with van der Waals surface area (Å²) < 4.78 is 48.4. The molecule has 0 aliphatic heterocycles. The summed E-state index contributed by atoms with van der Waals surface area (Å²) >= 11 is 0. The van der Waals surface area contributed by atoms with E-state index in [0.717, 1.165) is 5.41 Å². The lowest BCUT2D eigenvalue weighted by atomic mass is 10.1. The second-order valence-electron chi connectivity index (χ2n) is 6.42. The molecule has 11 heteroatoms. The number of aromatic hydroxyl groups is 1. The van der Waals surface area contributed by atoms with Gasteiger partial charge in [-0.1, -0.05) is 0 Å². The molecule has 0 saturated heterocycles. The number of anilines is 1. The summed E-state index contributed by atoms with van der Waals surface area (Å²) in [6, 6.07) is 7.19. The Bertz CT molecular complexity index is 1060. The van der Waals surface area contributed by atoms with Gasteiger partial charge in [0.25, 0.3) is 10.0 Å². The molecule has 0 radical (unpaired) electrons. The Balaban J connectivity index is 2.22. The van der Waals surface area contributed by atoms with Gasteiger partial charge >= 0.3 is 5.97 Å². The van der Waals surface area contributed by atoms with Crippen molar-refractivity contribution in [2.24, 2.45) is 0 Å². The van der Waals surface area contributed by atoms with Crippen molar-refractivity contribution < 1.29 is 42.4 Å². The molecule has 0 unspecified atom stereocenters. The summed E-state index contributed by atoms with van der Waals surface area (Å²) in [4.78, 5) is 10.6. The van der Waals surface area contributed by atoms with E-state index in [1.165, 1.54) is 45.6 Å². The molecule has 0 amide bonds. The Kier molecular flexibility index (Phi) is 8.59. The van der Waals surface area contributed by atoms with Gasteiger partial charge in [0.2, 0.25) is 0 Å². The van der Waals surface area contributed by atoms with Crippen molar-refractivity contribution in [3.05, 3.63) is 41.3 Å². The Morgan fingerprint density at radius 3 is 2.19 bits per heavy atom. The highest BCUT2D eigenvalue weighted by atomic mass is 32.2. The second-order valence-corrected chi connectivity index (χ2v) is 7.99. The van der Waals surface area contributed by atoms with Gasteiger partial charge in [0.1, 0.15) is 17.2 Å². The molecule has 2 rings (SSSR count). The first-order valence-electron chi connectivity index (χ1n) is 9.37. The fourth-order valence-corrected chi connectivity index (χ4v) is 3.52. The third kappa shape index (κ3) is 6.98. The molecule has 2 aromatic carbocycles. The number of methoxy groups -OCH3 is 3.